The van der Waals surface area contributed by atoms with Gasteiger partial charge >= 0.3 is 0 Å². The zero-order chi connectivity index (χ0) is 19.5. The van der Waals surface area contributed by atoms with E-state index in [0.29, 0.717) is 25.5 Å². The molecule has 6 heteroatoms. The summed E-state index contributed by atoms with van der Waals surface area (Å²) in [6, 6.07) is 10.0. The highest BCUT2D eigenvalue weighted by molar-refractivity contribution is 5.80. The highest BCUT2D eigenvalue weighted by Crippen LogP contribution is 2.45. The van der Waals surface area contributed by atoms with Crippen molar-refractivity contribution in [3.8, 4) is 0 Å². The summed E-state index contributed by atoms with van der Waals surface area (Å²) < 4.78 is 17.2. The predicted octanol–water partition coefficient (Wildman–Crippen LogP) is 3.12. The summed E-state index contributed by atoms with van der Waals surface area (Å²) in [6.07, 6.45) is 5.75. The molecule has 0 saturated heterocycles. The number of primary amides is 1. The third-order valence-electron chi connectivity index (χ3n) is 5.49. The summed E-state index contributed by atoms with van der Waals surface area (Å²) in [6.45, 7) is 2.89. The standard InChI is InChI=1S/C22H24N2O4/c1-14-12-26-13-16-11-17(15-5-3-2-4-6-15)20(22(23)25)21(19(14)16)28-9-7-18-24-8-10-27-18/h2-6,8,10,12,17,20-21H,7,9,11,13H2,1H3,(H2,23,25). The number of amides is 1. The third-order valence-corrected chi connectivity index (χ3v) is 5.49. The van der Waals surface area contributed by atoms with Crippen LogP contribution in [-0.2, 0) is 20.7 Å². The Morgan fingerprint density at radius 1 is 1.32 bits per heavy atom. The van der Waals surface area contributed by atoms with Crippen molar-refractivity contribution < 1.29 is 18.7 Å². The highest BCUT2D eigenvalue weighted by Gasteiger charge is 2.44. The summed E-state index contributed by atoms with van der Waals surface area (Å²) in [7, 11) is 0. The van der Waals surface area contributed by atoms with Crippen LogP contribution < -0.4 is 5.73 Å². The molecule has 1 aliphatic carbocycles. The van der Waals surface area contributed by atoms with Crippen molar-refractivity contribution in [3.63, 3.8) is 0 Å². The van der Waals surface area contributed by atoms with Gasteiger partial charge in [-0.2, -0.15) is 0 Å². The molecule has 0 radical (unpaired) electrons. The van der Waals surface area contributed by atoms with Gasteiger partial charge in [0.05, 0.1) is 31.1 Å². The Kier molecular flexibility index (Phi) is 5.30. The van der Waals surface area contributed by atoms with E-state index in [4.69, 9.17) is 19.6 Å². The zero-order valence-corrected chi connectivity index (χ0v) is 15.8. The minimum Gasteiger partial charge on any atom is -0.497 e. The summed E-state index contributed by atoms with van der Waals surface area (Å²) in [4.78, 5) is 16.7. The molecule has 0 fully saturated rings. The molecule has 0 spiro atoms. The maximum absolute atomic E-state index is 12.6. The van der Waals surface area contributed by atoms with Gasteiger partial charge in [-0.25, -0.2) is 4.98 Å². The van der Waals surface area contributed by atoms with Crippen molar-refractivity contribution in [1.29, 1.82) is 0 Å². The second-order valence-corrected chi connectivity index (χ2v) is 7.25. The van der Waals surface area contributed by atoms with Gasteiger partial charge in [0.25, 0.3) is 0 Å². The Morgan fingerprint density at radius 3 is 2.86 bits per heavy atom. The number of oxazole rings is 1. The first-order chi connectivity index (χ1) is 13.6. The summed E-state index contributed by atoms with van der Waals surface area (Å²) in [5.41, 5.74) is 10.2. The molecule has 146 valence electrons. The maximum Gasteiger partial charge on any atom is 0.224 e. The van der Waals surface area contributed by atoms with Gasteiger partial charge in [-0.1, -0.05) is 30.3 Å². The number of carbonyl (C=O) groups excluding carboxylic acids is 1. The van der Waals surface area contributed by atoms with Gasteiger partial charge in [0, 0.05) is 12.3 Å². The smallest absolute Gasteiger partial charge is 0.224 e. The maximum atomic E-state index is 12.6. The largest absolute Gasteiger partial charge is 0.497 e. The lowest BCUT2D eigenvalue weighted by atomic mass is 9.69. The first kappa shape index (κ1) is 18.5. The number of aromatic nitrogens is 1. The number of nitrogens with zero attached hydrogens (tertiary/aromatic N) is 1. The Morgan fingerprint density at radius 2 is 2.14 bits per heavy atom. The van der Waals surface area contributed by atoms with Crippen LogP contribution in [0, 0.1) is 5.92 Å². The lowest BCUT2D eigenvalue weighted by Gasteiger charge is -2.41. The van der Waals surface area contributed by atoms with Crippen molar-refractivity contribution in [1.82, 2.24) is 4.98 Å². The van der Waals surface area contributed by atoms with E-state index in [9.17, 15) is 4.79 Å². The van der Waals surface area contributed by atoms with Gasteiger partial charge in [0.15, 0.2) is 5.89 Å². The van der Waals surface area contributed by atoms with Gasteiger partial charge in [0.2, 0.25) is 5.91 Å². The topological polar surface area (TPSA) is 87.6 Å². The molecule has 1 aromatic carbocycles. The first-order valence-corrected chi connectivity index (χ1v) is 9.50. The van der Waals surface area contributed by atoms with Crippen LogP contribution in [0.25, 0.3) is 0 Å². The molecule has 0 bridgehead atoms. The van der Waals surface area contributed by atoms with Crippen LogP contribution in [-0.4, -0.2) is 30.2 Å². The number of hydrogen-bond donors (Lipinski definition) is 1. The van der Waals surface area contributed by atoms with Crippen LogP contribution in [0.4, 0.5) is 0 Å². The van der Waals surface area contributed by atoms with Crippen LogP contribution in [0.3, 0.4) is 0 Å². The van der Waals surface area contributed by atoms with E-state index in [1.807, 2.05) is 37.3 Å². The van der Waals surface area contributed by atoms with Crippen molar-refractivity contribution in [3.05, 3.63) is 77.2 Å². The molecule has 1 aromatic heterocycles. The Balaban J connectivity index is 1.67. The van der Waals surface area contributed by atoms with E-state index in [1.165, 1.54) is 5.57 Å². The zero-order valence-electron chi connectivity index (χ0n) is 15.8. The second kappa shape index (κ2) is 8.02. The van der Waals surface area contributed by atoms with E-state index in [1.54, 1.807) is 18.7 Å². The minimum absolute atomic E-state index is 0.0429. The van der Waals surface area contributed by atoms with E-state index < -0.39 is 12.0 Å². The van der Waals surface area contributed by atoms with Gasteiger partial charge in [-0.15, -0.1) is 0 Å². The van der Waals surface area contributed by atoms with E-state index >= 15 is 0 Å². The molecule has 0 saturated carbocycles. The average molecular weight is 380 g/mol. The number of nitrogens with two attached hydrogens (primary N) is 1. The number of hydrogen-bond acceptors (Lipinski definition) is 5. The molecule has 3 atom stereocenters. The van der Waals surface area contributed by atoms with Gasteiger partial charge in [-0.05, 0) is 35.6 Å². The molecule has 2 N–H and O–H groups in total. The van der Waals surface area contributed by atoms with Gasteiger partial charge in [-0.3, -0.25) is 4.79 Å². The van der Waals surface area contributed by atoms with Crippen LogP contribution in [0.5, 0.6) is 0 Å². The predicted molar refractivity (Wildman–Crippen MR) is 103 cm³/mol. The molecule has 2 aliphatic rings. The number of ether oxygens (including phenoxy) is 2. The minimum atomic E-state index is -0.452. The van der Waals surface area contributed by atoms with Crippen molar-refractivity contribution >= 4 is 5.91 Å². The molecular formula is C22H24N2O4. The van der Waals surface area contributed by atoms with Crippen molar-refractivity contribution in [2.75, 3.05) is 13.2 Å². The van der Waals surface area contributed by atoms with Crippen molar-refractivity contribution in [2.45, 2.75) is 31.8 Å². The molecule has 3 unspecified atom stereocenters. The molecule has 2 aromatic rings. The molecule has 1 aliphatic heterocycles. The quantitative estimate of drug-likeness (QED) is 0.832. The third kappa shape index (κ3) is 3.60. The second-order valence-electron chi connectivity index (χ2n) is 7.25. The highest BCUT2D eigenvalue weighted by atomic mass is 16.5. The first-order valence-electron chi connectivity index (χ1n) is 9.50. The van der Waals surface area contributed by atoms with E-state index in [-0.39, 0.29) is 11.8 Å². The van der Waals surface area contributed by atoms with Crippen LogP contribution in [0.15, 0.2) is 70.2 Å². The lowest BCUT2D eigenvalue weighted by Crippen LogP contribution is -2.45. The molecule has 4 rings (SSSR count). The summed E-state index contributed by atoms with van der Waals surface area (Å²) in [5.74, 6) is -0.230. The fraction of sp³-hybridized carbons (Fsp3) is 0.364. The molecule has 6 nitrogen and oxygen atoms in total. The van der Waals surface area contributed by atoms with Crippen LogP contribution in [0.1, 0.15) is 30.7 Å². The van der Waals surface area contributed by atoms with Gasteiger partial charge in [0.1, 0.15) is 12.9 Å². The molecule has 2 heterocycles. The van der Waals surface area contributed by atoms with Crippen molar-refractivity contribution in [2.24, 2.45) is 11.7 Å². The average Bonchev–Trinajstić information content (AvgIpc) is 3.21. The fourth-order valence-electron chi connectivity index (χ4n) is 4.27. The Labute approximate surface area is 164 Å². The normalized spacial score (nSPS) is 24.3. The lowest BCUT2D eigenvalue weighted by molar-refractivity contribution is -0.127. The van der Waals surface area contributed by atoms with Gasteiger partial charge < -0.3 is 19.6 Å². The number of rotatable bonds is 6. The van der Waals surface area contributed by atoms with Crippen LogP contribution in [0.2, 0.25) is 0 Å². The molecule has 28 heavy (non-hydrogen) atoms. The fourth-order valence-corrected chi connectivity index (χ4v) is 4.27. The Bertz CT molecular complexity index is 887. The molecule has 1 amide bonds. The van der Waals surface area contributed by atoms with Crippen LogP contribution >= 0.6 is 0 Å². The SMILES string of the molecule is CC1=COCC2=C1C(OCCc1ncco1)C(C(N)=O)C(c1ccccc1)C2. The summed E-state index contributed by atoms with van der Waals surface area (Å²) >= 11 is 0. The molecular weight excluding hydrogens is 356 g/mol. The summed E-state index contributed by atoms with van der Waals surface area (Å²) in [5, 5.41) is 0. The number of benzene rings is 1. The van der Waals surface area contributed by atoms with E-state index in [0.717, 1.165) is 23.1 Å². The Hall–Kier alpha value is -2.86. The monoisotopic (exact) mass is 380 g/mol. The van der Waals surface area contributed by atoms with E-state index in [2.05, 4.69) is 4.98 Å². The number of carbonyl (C=O) groups is 1.